The molecule has 1 heterocycles. The second kappa shape index (κ2) is 4.35. The van der Waals surface area contributed by atoms with Crippen LogP contribution in [0, 0.1) is 0 Å². The highest BCUT2D eigenvalue weighted by Gasteiger charge is 2.03. The molecule has 13 heavy (non-hydrogen) atoms. The third-order valence-electron chi connectivity index (χ3n) is 1.40. The Balaban J connectivity index is 2.54. The number of hydrogen-bond acceptors (Lipinski definition) is 3. The molecule has 1 aromatic heterocycles. The molecule has 1 N–H and O–H groups in total. The van der Waals surface area contributed by atoms with Gasteiger partial charge < -0.3 is 5.32 Å². The van der Waals surface area contributed by atoms with Gasteiger partial charge in [0.05, 0.1) is 18.0 Å². The lowest BCUT2D eigenvalue weighted by atomic mass is 10.3. The molecule has 1 amide bonds. The molecule has 0 unspecified atom stereocenters. The minimum atomic E-state index is -0.155. The molecule has 0 aliphatic heterocycles. The van der Waals surface area contributed by atoms with Gasteiger partial charge in [-0.15, -0.1) is 0 Å². The van der Waals surface area contributed by atoms with E-state index in [2.05, 4.69) is 22.1 Å². The fourth-order valence-electron chi connectivity index (χ4n) is 0.758. The van der Waals surface area contributed by atoms with Crippen molar-refractivity contribution in [3.05, 3.63) is 36.2 Å². The van der Waals surface area contributed by atoms with Crippen LogP contribution in [0.4, 0.5) is 0 Å². The van der Waals surface area contributed by atoms with Crippen LogP contribution >= 0.6 is 0 Å². The summed E-state index contributed by atoms with van der Waals surface area (Å²) >= 11 is 0. The Morgan fingerprint density at radius 2 is 2.38 bits per heavy atom. The Kier molecular flexibility index (Phi) is 3.14. The van der Waals surface area contributed by atoms with Gasteiger partial charge in [-0.05, 0) is 13.0 Å². The molecule has 0 radical (unpaired) electrons. The zero-order valence-electron chi connectivity index (χ0n) is 7.45. The van der Waals surface area contributed by atoms with Gasteiger partial charge in [-0.1, -0.05) is 12.2 Å². The molecule has 0 aliphatic carbocycles. The number of hydrogen-bond donors (Lipinski definition) is 1. The molecule has 68 valence electrons. The predicted molar refractivity (Wildman–Crippen MR) is 49.2 cm³/mol. The first-order valence-corrected chi connectivity index (χ1v) is 3.89. The predicted octanol–water partition coefficient (Wildman–Crippen LogP) is 0.782. The van der Waals surface area contributed by atoms with E-state index < -0.39 is 0 Å². The maximum Gasteiger partial charge on any atom is 0.253 e. The van der Waals surface area contributed by atoms with E-state index in [1.165, 1.54) is 12.4 Å². The first-order valence-electron chi connectivity index (χ1n) is 3.89. The molecule has 0 aliphatic rings. The Bertz CT molecular complexity index is 308. The van der Waals surface area contributed by atoms with Crippen LogP contribution in [0.25, 0.3) is 0 Å². The van der Waals surface area contributed by atoms with E-state index in [-0.39, 0.29) is 5.91 Å². The average Bonchev–Trinajstić information content (AvgIpc) is 2.15. The van der Waals surface area contributed by atoms with Crippen molar-refractivity contribution in [3.63, 3.8) is 0 Å². The highest BCUT2D eigenvalue weighted by molar-refractivity contribution is 5.93. The lowest BCUT2D eigenvalue weighted by Crippen LogP contribution is -2.24. The van der Waals surface area contributed by atoms with Gasteiger partial charge in [-0.3, -0.25) is 4.79 Å². The molecule has 0 saturated heterocycles. The number of rotatable bonds is 3. The Hall–Kier alpha value is -1.71. The summed E-state index contributed by atoms with van der Waals surface area (Å²) in [6.45, 7) is 6.02. The molecule has 4 heteroatoms. The zero-order chi connectivity index (χ0) is 9.68. The lowest BCUT2D eigenvalue weighted by Gasteiger charge is -2.02. The van der Waals surface area contributed by atoms with Crippen LogP contribution in [0.3, 0.4) is 0 Å². The molecule has 0 aromatic carbocycles. The Labute approximate surface area is 76.7 Å². The molecular formula is C9H11N3O. The number of carbonyl (C=O) groups excluding carboxylic acids is 1. The van der Waals surface area contributed by atoms with Crippen LogP contribution in [-0.2, 0) is 0 Å². The standard InChI is InChI=1S/C9H11N3O/c1-7(2)5-10-9(13)8-3-4-11-12-6-8/h3-4,6H,1,5H2,2H3,(H,10,13). The first-order chi connectivity index (χ1) is 6.20. The van der Waals surface area contributed by atoms with Gasteiger partial charge in [-0.2, -0.15) is 10.2 Å². The molecule has 0 fully saturated rings. The summed E-state index contributed by atoms with van der Waals surface area (Å²) in [5.41, 5.74) is 1.42. The smallest absolute Gasteiger partial charge is 0.253 e. The molecule has 4 nitrogen and oxygen atoms in total. The monoisotopic (exact) mass is 177 g/mol. The van der Waals surface area contributed by atoms with E-state index in [1.807, 2.05) is 6.92 Å². The Morgan fingerprint density at radius 3 is 2.92 bits per heavy atom. The minimum absolute atomic E-state index is 0.155. The van der Waals surface area contributed by atoms with E-state index >= 15 is 0 Å². The lowest BCUT2D eigenvalue weighted by molar-refractivity contribution is 0.0956. The summed E-state index contributed by atoms with van der Waals surface area (Å²) in [5.74, 6) is -0.155. The van der Waals surface area contributed by atoms with Gasteiger partial charge in [0.15, 0.2) is 0 Å². The van der Waals surface area contributed by atoms with Crippen molar-refractivity contribution in [1.82, 2.24) is 15.5 Å². The summed E-state index contributed by atoms with van der Waals surface area (Å²) in [6, 6.07) is 1.61. The third kappa shape index (κ3) is 3.02. The first kappa shape index (κ1) is 9.38. The van der Waals surface area contributed by atoms with Gasteiger partial charge in [0.2, 0.25) is 0 Å². The van der Waals surface area contributed by atoms with Crippen molar-refractivity contribution in [1.29, 1.82) is 0 Å². The van der Waals surface area contributed by atoms with Crippen LogP contribution in [-0.4, -0.2) is 22.6 Å². The van der Waals surface area contributed by atoms with Crippen molar-refractivity contribution >= 4 is 5.91 Å². The number of aromatic nitrogens is 2. The zero-order valence-corrected chi connectivity index (χ0v) is 7.45. The maximum atomic E-state index is 11.3. The number of nitrogens with one attached hydrogen (secondary N) is 1. The summed E-state index contributed by atoms with van der Waals surface area (Å²) in [5, 5.41) is 9.87. The molecule has 0 saturated carbocycles. The topological polar surface area (TPSA) is 54.9 Å². The second-order valence-electron chi connectivity index (χ2n) is 2.77. The molecule has 1 aromatic rings. The van der Waals surface area contributed by atoms with Gasteiger partial charge >= 0.3 is 0 Å². The molecular weight excluding hydrogens is 166 g/mol. The number of carbonyl (C=O) groups is 1. The fraction of sp³-hybridized carbons (Fsp3) is 0.222. The molecule has 0 spiro atoms. The van der Waals surface area contributed by atoms with Crippen LogP contribution in [0.15, 0.2) is 30.6 Å². The van der Waals surface area contributed by atoms with Gasteiger partial charge in [0.25, 0.3) is 5.91 Å². The second-order valence-corrected chi connectivity index (χ2v) is 2.77. The molecule has 1 rings (SSSR count). The summed E-state index contributed by atoms with van der Waals surface area (Å²) in [4.78, 5) is 11.3. The van der Waals surface area contributed by atoms with Crippen LogP contribution in [0.5, 0.6) is 0 Å². The van der Waals surface area contributed by atoms with Crippen LogP contribution in [0.1, 0.15) is 17.3 Å². The van der Waals surface area contributed by atoms with E-state index in [9.17, 15) is 4.79 Å². The summed E-state index contributed by atoms with van der Waals surface area (Å²) in [7, 11) is 0. The van der Waals surface area contributed by atoms with Crippen molar-refractivity contribution in [3.8, 4) is 0 Å². The van der Waals surface area contributed by atoms with E-state index in [4.69, 9.17) is 0 Å². The minimum Gasteiger partial charge on any atom is -0.348 e. The van der Waals surface area contributed by atoms with Crippen LogP contribution < -0.4 is 5.32 Å². The van der Waals surface area contributed by atoms with Crippen molar-refractivity contribution in [2.24, 2.45) is 0 Å². The van der Waals surface area contributed by atoms with Crippen molar-refractivity contribution < 1.29 is 4.79 Å². The largest absolute Gasteiger partial charge is 0.348 e. The summed E-state index contributed by atoms with van der Waals surface area (Å²) < 4.78 is 0. The normalized spacial score (nSPS) is 9.31. The quantitative estimate of drug-likeness (QED) is 0.694. The maximum absolute atomic E-state index is 11.3. The van der Waals surface area contributed by atoms with Gasteiger partial charge in [0, 0.05) is 6.54 Å². The van der Waals surface area contributed by atoms with E-state index in [1.54, 1.807) is 6.07 Å². The molecule has 0 atom stereocenters. The Morgan fingerprint density at radius 1 is 1.62 bits per heavy atom. The summed E-state index contributed by atoms with van der Waals surface area (Å²) in [6.07, 6.45) is 2.91. The highest BCUT2D eigenvalue weighted by atomic mass is 16.1. The SMILES string of the molecule is C=C(C)CNC(=O)c1ccnnc1. The van der Waals surface area contributed by atoms with E-state index in [0.717, 1.165) is 5.57 Å². The number of amides is 1. The van der Waals surface area contributed by atoms with E-state index in [0.29, 0.717) is 12.1 Å². The van der Waals surface area contributed by atoms with Crippen LogP contribution in [0.2, 0.25) is 0 Å². The highest BCUT2D eigenvalue weighted by Crippen LogP contribution is 1.93. The van der Waals surface area contributed by atoms with Gasteiger partial charge in [-0.25, -0.2) is 0 Å². The molecule has 0 bridgehead atoms. The van der Waals surface area contributed by atoms with Crippen molar-refractivity contribution in [2.45, 2.75) is 6.92 Å². The van der Waals surface area contributed by atoms with Crippen molar-refractivity contribution in [2.75, 3.05) is 6.54 Å². The third-order valence-corrected chi connectivity index (χ3v) is 1.40. The van der Waals surface area contributed by atoms with Gasteiger partial charge in [0.1, 0.15) is 0 Å². The number of nitrogens with zero attached hydrogens (tertiary/aromatic N) is 2. The fourth-order valence-corrected chi connectivity index (χ4v) is 0.758. The average molecular weight is 177 g/mol.